The summed E-state index contributed by atoms with van der Waals surface area (Å²) in [7, 11) is 0. The van der Waals surface area contributed by atoms with Crippen LogP contribution in [-0.2, 0) is 4.79 Å². The van der Waals surface area contributed by atoms with Crippen molar-refractivity contribution in [1.29, 1.82) is 0 Å². The maximum absolute atomic E-state index is 13.2. The van der Waals surface area contributed by atoms with Gasteiger partial charge in [0, 0.05) is 23.8 Å². The zero-order valence-corrected chi connectivity index (χ0v) is 21.1. The van der Waals surface area contributed by atoms with Crippen LogP contribution in [-0.4, -0.2) is 52.1 Å². The number of benzene rings is 2. The van der Waals surface area contributed by atoms with Gasteiger partial charge in [-0.25, -0.2) is 9.97 Å². The Balaban J connectivity index is 1.68. The van der Waals surface area contributed by atoms with E-state index in [1.807, 2.05) is 11.8 Å². The molecule has 0 radical (unpaired) electrons. The summed E-state index contributed by atoms with van der Waals surface area (Å²) in [6.45, 7) is 3.28. The summed E-state index contributed by atoms with van der Waals surface area (Å²) < 4.78 is 0. The Morgan fingerprint density at radius 2 is 1.75 bits per heavy atom. The molecule has 11 heteroatoms. The van der Waals surface area contributed by atoms with E-state index in [1.165, 1.54) is 6.33 Å². The monoisotopic (exact) mass is 528 g/mol. The highest BCUT2D eigenvalue weighted by atomic mass is 35.5. The lowest BCUT2D eigenvalue weighted by Crippen LogP contribution is -2.58. The third kappa shape index (κ3) is 5.53. The topological polar surface area (TPSA) is 119 Å². The number of rotatable bonds is 8. The molecular weight excluding hydrogens is 503 g/mol. The predicted molar refractivity (Wildman–Crippen MR) is 142 cm³/mol. The number of aromatic nitrogens is 2. The van der Waals surface area contributed by atoms with E-state index in [0.29, 0.717) is 71.1 Å². The van der Waals surface area contributed by atoms with Crippen molar-refractivity contribution in [3.05, 3.63) is 70.5 Å². The second-order valence-electron chi connectivity index (χ2n) is 8.39. The number of aliphatic carboxylic acids is 1. The predicted octanol–water partition coefficient (Wildman–Crippen LogP) is 4.81. The van der Waals surface area contributed by atoms with E-state index in [9.17, 15) is 14.7 Å². The number of amides is 1. The summed E-state index contributed by atoms with van der Waals surface area (Å²) in [6.07, 6.45) is 2.15. The van der Waals surface area contributed by atoms with Crippen LogP contribution in [0.1, 0.15) is 30.1 Å². The standard InChI is InChI=1S/C25H26Cl2N6O3/c1-2-30-25(24(35)36)11-13-33(14-12-25)22-20(32-23(34)18-5-3-4-6-19(18)27)21(28-15-29-22)31-17-9-7-16(26)8-10-17/h3-10,15,30H,2,11-14H2,1H3,(H,32,34)(H,35,36)(H,28,29,31). The Morgan fingerprint density at radius 3 is 2.39 bits per heavy atom. The fourth-order valence-electron chi connectivity index (χ4n) is 4.23. The summed E-state index contributed by atoms with van der Waals surface area (Å²) >= 11 is 12.3. The molecule has 1 aromatic heterocycles. The highest BCUT2D eigenvalue weighted by Crippen LogP contribution is 2.35. The maximum Gasteiger partial charge on any atom is 0.324 e. The Morgan fingerprint density at radius 1 is 1.06 bits per heavy atom. The number of nitrogens with one attached hydrogen (secondary N) is 3. The Hall–Kier alpha value is -3.40. The Kier molecular flexibility index (Phi) is 7.93. The molecule has 9 nitrogen and oxygen atoms in total. The first-order valence-electron chi connectivity index (χ1n) is 11.5. The van der Waals surface area contributed by atoms with Gasteiger partial charge >= 0.3 is 5.97 Å². The van der Waals surface area contributed by atoms with Gasteiger partial charge < -0.3 is 26.0 Å². The third-order valence-corrected chi connectivity index (χ3v) is 6.71. The van der Waals surface area contributed by atoms with Crippen LogP contribution in [0.2, 0.25) is 10.0 Å². The lowest BCUT2D eigenvalue weighted by molar-refractivity contribution is -0.145. The highest BCUT2D eigenvalue weighted by Gasteiger charge is 2.41. The molecule has 0 spiro atoms. The molecule has 1 aliphatic rings. The summed E-state index contributed by atoms with van der Waals surface area (Å²) in [6, 6.07) is 13.8. The Bertz CT molecular complexity index is 1250. The Labute approximate surface area is 218 Å². The van der Waals surface area contributed by atoms with Gasteiger partial charge in [0.2, 0.25) is 0 Å². The highest BCUT2D eigenvalue weighted by molar-refractivity contribution is 6.34. The maximum atomic E-state index is 13.2. The van der Waals surface area contributed by atoms with Crippen molar-refractivity contribution in [3.63, 3.8) is 0 Å². The molecular formula is C25H26Cl2N6O3. The van der Waals surface area contributed by atoms with Gasteiger partial charge in [0.05, 0.1) is 10.6 Å². The van der Waals surface area contributed by atoms with Crippen LogP contribution < -0.4 is 20.9 Å². The number of anilines is 4. The van der Waals surface area contributed by atoms with Crippen molar-refractivity contribution in [3.8, 4) is 0 Å². The van der Waals surface area contributed by atoms with Crippen molar-refractivity contribution in [2.75, 3.05) is 35.2 Å². The van der Waals surface area contributed by atoms with Crippen LogP contribution in [0.5, 0.6) is 0 Å². The molecule has 0 unspecified atom stereocenters. The molecule has 0 bridgehead atoms. The van der Waals surface area contributed by atoms with Crippen molar-refractivity contribution >= 4 is 58.1 Å². The normalized spacial score (nSPS) is 14.8. The van der Waals surface area contributed by atoms with Crippen LogP contribution >= 0.6 is 23.2 Å². The number of carboxylic acids is 1. The molecule has 0 atom stereocenters. The van der Waals surface area contributed by atoms with Gasteiger partial charge in [-0.1, -0.05) is 42.3 Å². The number of nitrogens with zero attached hydrogens (tertiary/aromatic N) is 3. The molecule has 1 saturated heterocycles. The van der Waals surface area contributed by atoms with Gasteiger partial charge in [-0.15, -0.1) is 0 Å². The largest absolute Gasteiger partial charge is 0.480 e. The lowest BCUT2D eigenvalue weighted by atomic mass is 9.87. The molecule has 1 aliphatic heterocycles. The first-order valence-corrected chi connectivity index (χ1v) is 12.3. The van der Waals surface area contributed by atoms with Crippen molar-refractivity contribution < 1.29 is 14.7 Å². The van der Waals surface area contributed by atoms with E-state index in [-0.39, 0.29) is 0 Å². The summed E-state index contributed by atoms with van der Waals surface area (Å²) in [4.78, 5) is 36.0. The van der Waals surface area contributed by atoms with Crippen LogP contribution in [0.3, 0.4) is 0 Å². The fourth-order valence-corrected chi connectivity index (χ4v) is 4.57. The molecule has 188 valence electrons. The first kappa shape index (κ1) is 25.7. The summed E-state index contributed by atoms with van der Waals surface area (Å²) in [5, 5.41) is 20.0. The lowest BCUT2D eigenvalue weighted by Gasteiger charge is -2.40. The van der Waals surface area contributed by atoms with E-state index in [0.717, 1.165) is 0 Å². The zero-order chi connectivity index (χ0) is 25.7. The number of carbonyl (C=O) groups excluding carboxylic acids is 1. The van der Waals surface area contributed by atoms with Gasteiger partial charge in [0.1, 0.15) is 17.6 Å². The minimum Gasteiger partial charge on any atom is -0.480 e. The molecule has 4 rings (SSSR count). The molecule has 3 aromatic rings. The van der Waals surface area contributed by atoms with Gasteiger partial charge in [-0.2, -0.15) is 0 Å². The zero-order valence-electron chi connectivity index (χ0n) is 19.6. The van der Waals surface area contributed by atoms with Crippen LogP contribution in [0.25, 0.3) is 0 Å². The molecule has 0 saturated carbocycles. The molecule has 1 amide bonds. The quantitative estimate of drug-likeness (QED) is 0.328. The van der Waals surface area contributed by atoms with E-state index >= 15 is 0 Å². The second kappa shape index (κ2) is 11.1. The van der Waals surface area contributed by atoms with Crippen LogP contribution in [0.15, 0.2) is 54.9 Å². The molecule has 1 fully saturated rings. The number of carbonyl (C=O) groups is 2. The molecule has 36 heavy (non-hydrogen) atoms. The second-order valence-corrected chi connectivity index (χ2v) is 9.24. The number of halogens is 2. The minimum atomic E-state index is -0.996. The van der Waals surface area contributed by atoms with Crippen LogP contribution in [0, 0.1) is 0 Å². The summed E-state index contributed by atoms with van der Waals surface area (Å²) in [5.41, 5.74) is 0.391. The van der Waals surface area contributed by atoms with Gasteiger partial charge in [-0.3, -0.25) is 9.59 Å². The minimum absolute atomic E-state index is 0.307. The molecule has 2 aromatic carbocycles. The molecule has 2 heterocycles. The molecule has 4 N–H and O–H groups in total. The van der Waals surface area contributed by atoms with E-state index < -0.39 is 17.4 Å². The fraction of sp³-hybridized carbons (Fsp3) is 0.280. The third-order valence-electron chi connectivity index (χ3n) is 6.13. The number of hydrogen-bond acceptors (Lipinski definition) is 7. The van der Waals surface area contributed by atoms with E-state index in [1.54, 1.807) is 48.5 Å². The van der Waals surface area contributed by atoms with Gasteiger partial charge in [0.25, 0.3) is 5.91 Å². The summed E-state index contributed by atoms with van der Waals surface area (Å²) in [5.74, 6) is -0.425. The first-order chi connectivity index (χ1) is 17.3. The number of hydrogen-bond donors (Lipinski definition) is 4. The van der Waals surface area contributed by atoms with E-state index in [4.69, 9.17) is 23.2 Å². The van der Waals surface area contributed by atoms with Crippen LogP contribution in [0.4, 0.5) is 23.0 Å². The SMILES string of the molecule is CCNC1(C(=O)O)CCN(c2ncnc(Nc3ccc(Cl)cc3)c2NC(=O)c2ccccc2Cl)CC1. The average Bonchev–Trinajstić information content (AvgIpc) is 2.87. The van der Waals surface area contributed by atoms with Gasteiger partial charge in [0.15, 0.2) is 11.6 Å². The number of piperidine rings is 1. The van der Waals surface area contributed by atoms with Crippen molar-refractivity contribution in [1.82, 2.24) is 15.3 Å². The van der Waals surface area contributed by atoms with Crippen molar-refractivity contribution in [2.24, 2.45) is 0 Å². The number of carboxylic acid groups (broad SMARTS) is 1. The number of likely N-dealkylation sites (N-methyl/N-ethyl adjacent to an activating group) is 1. The smallest absolute Gasteiger partial charge is 0.324 e. The van der Waals surface area contributed by atoms with Gasteiger partial charge in [-0.05, 0) is 55.8 Å². The van der Waals surface area contributed by atoms with E-state index in [2.05, 4.69) is 25.9 Å². The average molecular weight is 529 g/mol. The molecule has 0 aliphatic carbocycles. The van der Waals surface area contributed by atoms with Crippen molar-refractivity contribution in [2.45, 2.75) is 25.3 Å².